The highest BCUT2D eigenvalue weighted by molar-refractivity contribution is 14.1. The first-order chi connectivity index (χ1) is 8.27. The zero-order valence-corrected chi connectivity index (χ0v) is 13.9. The largest absolute Gasteiger partial charge is 0.0897 e. The summed E-state index contributed by atoms with van der Waals surface area (Å²) in [5.41, 5.74) is 0. The molecule has 0 bridgehead atoms. The van der Waals surface area contributed by atoms with E-state index >= 15 is 0 Å². The molecule has 0 saturated heterocycles. The Morgan fingerprint density at radius 1 is 0.706 bits per heavy atom. The van der Waals surface area contributed by atoms with Crippen molar-refractivity contribution in [1.29, 1.82) is 0 Å². The predicted octanol–water partition coefficient (Wildman–Crippen LogP) is 7.03. The van der Waals surface area contributed by atoms with E-state index in [1.807, 2.05) is 0 Å². The molecule has 17 heavy (non-hydrogen) atoms. The van der Waals surface area contributed by atoms with Crippen LogP contribution in [0.15, 0.2) is 10.2 Å². The van der Waals surface area contributed by atoms with E-state index in [0.29, 0.717) is 0 Å². The Kier molecular flexibility index (Phi) is 14.9. The molecule has 0 aromatic rings. The minimum Gasteiger partial charge on any atom is -0.0897 e. The summed E-state index contributed by atoms with van der Waals surface area (Å²) in [7, 11) is 0. The van der Waals surface area contributed by atoms with Crippen molar-refractivity contribution in [1.82, 2.24) is 0 Å². The van der Waals surface area contributed by atoms with E-state index in [2.05, 4.69) is 36.1 Å². The van der Waals surface area contributed by atoms with Crippen molar-refractivity contribution in [3.63, 3.8) is 0 Å². The van der Waals surface area contributed by atoms with Crippen LogP contribution in [0, 0.1) is 0 Å². The van der Waals surface area contributed by atoms with Crippen LogP contribution in [0.3, 0.4) is 0 Å². The molecule has 0 radical (unpaired) electrons. The SMILES string of the molecule is C=C(I)CCCCCCCCCCCCCC. The minimum absolute atomic E-state index is 1.22. The molecular formula is C16H31I. The van der Waals surface area contributed by atoms with Gasteiger partial charge in [0.25, 0.3) is 0 Å². The number of halogens is 1. The van der Waals surface area contributed by atoms with E-state index < -0.39 is 0 Å². The second kappa shape index (κ2) is 14.5. The van der Waals surface area contributed by atoms with Gasteiger partial charge < -0.3 is 0 Å². The van der Waals surface area contributed by atoms with Crippen molar-refractivity contribution < 1.29 is 0 Å². The molecule has 0 nitrogen and oxygen atoms in total. The normalized spacial score (nSPS) is 10.7. The summed E-state index contributed by atoms with van der Waals surface area (Å²) >= 11 is 2.34. The standard InChI is InChI=1S/C16H31I/c1-3-4-5-6-7-8-9-10-11-12-13-14-15-16(2)17/h2-15H2,1H3. The Labute approximate surface area is 123 Å². The molecule has 0 atom stereocenters. The molecule has 0 aliphatic carbocycles. The fourth-order valence-electron chi connectivity index (χ4n) is 2.16. The maximum Gasteiger partial charge on any atom is -0.0166 e. The molecule has 1 heteroatoms. The molecule has 0 heterocycles. The van der Waals surface area contributed by atoms with Gasteiger partial charge in [0.05, 0.1) is 0 Å². The molecule has 0 saturated carbocycles. The summed E-state index contributed by atoms with van der Waals surface area (Å²) in [5, 5.41) is 0. The number of hydrogen-bond donors (Lipinski definition) is 0. The second-order valence-electron chi connectivity index (χ2n) is 5.16. The van der Waals surface area contributed by atoms with E-state index in [1.54, 1.807) is 0 Å². The van der Waals surface area contributed by atoms with Crippen LogP contribution in [-0.4, -0.2) is 0 Å². The zero-order valence-electron chi connectivity index (χ0n) is 11.8. The van der Waals surface area contributed by atoms with Gasteiger partial charge in [0, 0.05) is 0 Å². The third-order valence-electron chi connectivity index (χ3n) is 3.30. The van der Waals surface area contributed by atoms with Gasteiger partial charge in [-0.1, -0.05) is 84.1 Å². The van der Waals surface area contributed by atoms with Crippen LogP contribution in [0.2, 0.25) is 0 Å². The van der Waals surface area contributed by atoms with Crippen LogP contribution in [0.5, 0.6) is 0 Å². The average molecular weight is 350 g/mol. The number of hydrogen-bond acceptors (Lipinski definition) is 0. The first kappa shape index (κ1) is 17.5. The van der Waals surface area contributed by atoms with Gasteiger partial charge in [0.15, 0.2) is 0 Å². The van der Waals surface area contributed by atoms with Crippen LogP contribution in [0.4, 0.5) is 0 Å². The number of unbranched alkanes of at least 4 members (excludes halogenated alkanes) is 11. The van der Waals surface area contributed by atoms with Gasteiger partial charge in [-0.05, 0) is 39.0 Å². The van der Waals surface area contributed by atoms with Gasteiger partial charge in [0.2, 0.25) is 0 Å². The Hall–Kier alpha value is 0.470. The Morgan fingerprint density at radius 3 is 1.41 bits per heavy atom. The third kappa shape index (κ3) is 16.5. The highest BCUT2D eigenvalue weighted by atomic mass is 127. The molecule has 102 valence electrons. The molecule has 0 spiro atoms. The van der Waals surface area contributed by atoms with Crippen molar-refractivity contribution in [2.24, 2.45) is 0 Å². The van der Waals surface area contributed by atoms with Crippen LogP contribution in [0.25, 0.3) is 0 Å². The summed E-state index contributed by atoms with van der Waals surface area (Å²) in [6.07, 6.45) is 18.4. The van der Waals surface area contributed by atoms with Gasteiger partial charge in [-0.15, -0.1) is 0 Å². The molecular weight excluding hydrogens is 319 g/mol. The molecule has 0 rings (SSSR count). The first-order valence-electron chi connectivity index (χ1n) is 7.60. The van der Waals surface area contributed by atoms with E-state index in [4.69, 9.17) is 0 Å². The lowest BCUT2D eigenvalue weighted by molar-refractivity contribution is 0.545. The number of allylic oxidation sites excluding steroid dienone is 1. The minimum atomic E-state index is 1.22. The van der Waals surface area contributed by atoms with Gasteiger partial charge in [-0.3, -0.25) is 0 Å². The van der Waals surface area contributed by atoms with E-state index in [9.17, 15) is 0 Å². The van der Waals surface area contributed by atoms with Crippen molar-refractivity contribution in [3.05, 3.63) is 10.2 Å². The summed E-state index contributed by atoms with van der Waals surface area (Å²) in [4.78, 5) is 0. The maximum absolute atomic E-state index is 3.93. The first-order valence-corrected chi connectivity index (χ1v) is 8.68. The van der Waals surface area contributed by atoms with Gasteiger partial charge in [-0.2, -0.15) is 0 Å². The molecule has 0 amide bonds. The monoisotopic (exact) mass is 350 g/mol. The maximum atomic E-state index is 3.93. The molecule has 0 N–H and O–H groups in total. The van der Waals surface area contributed by atoms with Crippen LogP contribution < -0.4 is 0 Å². The average Bonchev–Trinajstić information content (AvgIpc) is 2.30. The molecule has 0 unspecified atom stereocenters. The quantitative estimate of drug-likeness (QED) is 0.247. The molecule has 0 aliphatic heterocycles. The molecule has 0 aliphatic rings. The van der Waals surface area contributed by atoms with Crippen LogP contribution in [-0.2, 0) is 0 Å². The molecule has 0 fully saturated rings. The smallest absolute Gasteiger partial charge is 0.0166 e. The van der Waals surface area contributed by atoms with Crippen LogP contribution >= 0.6 is 22.6 Å². The zero-order chi connectivity index (χ0) is 12.8. The summed E-state index contributed by atoms with van der Waals surface area (Å²) < 4.78 is 1.31. The van der Waals surface area contributed by atoms with Crippen molar-refractivity contribution in [2.45, 2.75) is 90.4 Å². The molecule has 0 aromatic carbocycles. The second-order valence-corrected chi connectivity index (χ2v) is 6.68. The number of rotatable bonds is 13. The highest BCUT2D eigenvalue weighted by Crippen LogP contribution is 2.15. The van der Waals surface area contributed by atoms with E-state index in [0.717, 1.165) is 0 Å². The van der Waals surface area contributed by atoms with Crippen molar-refractivity contribution in [3.8, 4) is 0 Å². The van der Waals surface area contributed by atoms with E-state index in [-0.39, 0.29) is 0 Å². The Morgan fingerprint density at radius 2 is 1.06 bits per heavy atom. The lowest BCUT2D eigenvalue weighted by atomic mass is 10.0. The lowest BCUT2D eigenvalue weighted by Crippen LogP contribution is -1.82. The third-order valence-corrected chi connectivity index (χ3v) is 3.84. The Balaban J connectivity index is 2.91. The predicted molar refractivity (Wildman–Crippen MR) is 88.9 cm³/mol. The highest BCUT2D eigenvalue weighted by Gasteiger charge is 1.93. The topological polar surface area (TPSA) is 0 Å². The summed E-state index contributed by atoms with van der Waals surface area (Å²) in [6.45, 7) is 6.22. The summed E-state index contributed by atoms with van der Waals surface area (Å²) in [5.74, 6) is 0. The van der Waals surface area contributed by atoms with Crippen molar-refractivity contribution in [2.75, 3.05) is 0 Å². The summed E-state index contributed by atoms with van der Waals surface area (Å²) in [6, 6.07) is 0. The fourth-order valence-corrected chi connectivity index (χ4v) is 2.54. The van der Waals surface area contributed by atoms with Crippen molar-refractivity contribution >= 4 is 22.6 Å². The Bertz CT molecular complexity index is 163. The fraction of sp³-hybridized carbons (Fsp3) is 0.875. The van der Waals surface area contributed by atoms with E-state index in [1.165, 1.54) is 87.1 Å². The lowest BCUT2D eigenvalue weighted by Gasteiger charge is -2.02. The van der Waals surface area contributed by atoms with Gasteiger partial charge in [-0.25, -0.2) is 0 Å². The van der Waals surface area contributed by atoms with Gasteiger partial charge >= 0.3 is 0 Å². The van der Waals surface area contributed by atoms with Crippen LogP contribution in [0.1, 0.15) is 90.4 Å². The van der Waals surface area contributed by atoms with Gasteiger partial charge in [0.1, 0.15) is 0 Å². The molecule has 0 aromatic heterocycles.